The summed E-state index contributed by atoms with van der Waals surface area (Å²) in [5.74, 6) is 0.0402. The van der Waals surface area contributed by atoms with Crippen LogP contribution in [0.15, 0.2) is 0 Å². The minimum Gasteiger partial charge on any atom is -0.469 e. The van der Waals surface area contributed by atoms with Gasteiger partial charge < -0.3 is 10.1 Å². The molecule has 1 aliphatic rings. The van der Waals surface area contributed by atoms with E-state index in [1.165, 1.54) is 7.11 Å². The van der Waals surface area contributed by atoms with Gasteiger partial charge in [0.2, 0.25) is 0 Å². The molecule has 5 nitrogen and oxygen atoms in total. The Hall–Kier alpha value is -0.620. The van der Waals surface area contributed by atoms with Crippen molar-refractivity contribution in [2.24, 2.45) is 5.41 Å². The van der Waals surface area contributed by atoms with Gasteiger partial charge in [-0.2, -0.15) is 0 Å². The number of carbonyl (C=O) groups excluding carboxylic acids is 1. The molecule has 6 heteroatoms. The summed E-state index contributed by atoms with van der Waals surface area (Å²) in [6.45, 7) is 2.09. The van der Waals surface area contributed by atoms with Crippen LogP contribution in [0, 0.1) is 5.41 Å². The second-order valence-electron chi connectivity index (χ2n) is 5.88. The van der Waals surface area contributed by atoms with Gasteiger partial charge in [-0.3, -0.25) is 4.79 Å². The maximum Gasteiger partial charge on any atom is 0.306 e. The molecule has 0 aromatic rings. The molecular formula is C14H27NO4S. The van der Waals surface area contributed by atoms with Crippen molar-refractivity contribution < 1.29 is 17.9 Å². The van der Waals surface area contributed by atoms with Crippen molar-refractivity contribution in [3.05, 3.63) is 0 Å². The zero-order valence-corrected chi connectivity index (χ0v) is 13.6. The van der Waals surface area contributed by atoms with Gasteiger partial charge in [-0.1, -0.05) is 6.92 Å². The summed E-state index contributed by atoms with van der Waals surface area (Å²) >= 11 is 0. The third kappa shape index (κ3) is 5.79. The average molecular weight is 305 g/mol. The molecule has 0 heterocycles. The molecule has 1 saturated carbocycles. The van der Waals surface area contributed by atoms with Crippen LogP contribution in [0.25, 0.3) is 0 Å². The Morgan fingerprint density at radius 1 is 1.40 bits per heavy atom. The van der Waals surface area contributed by atoms with E-state index in [1.54, 1.807) is 0 Å². The zero-order chi connectivity index (χ0) is 15.2. The second-order valence-corrected chi connectivity index (χ2v) is 8.07. The number of rotatable bonds is 10. The first-order valence-corrected chi connectivity index (χ1v) is 9.13. The highest BCUT2D eigenvalue weighted by atomic mass is 32.2. The van der Waals surface area contributed by atoms with Gasteiger partial charge in [0.1, 0.15) is 0 Å². The summed E-state index contributed by atoms with van der Waals surface area (Å²) in [7, 11) is 0.166. The van der Waals surface area contributed by atoms with Gasteiger partial charge in [0.25, 0.3) is 0 Å². The summed E-state index contributed by atoms with van der Waals surface area (Å²) in [4.78, 5) is 11.3. The predicted molar refractivity (Wildman–Crippen MR) is 79.3 cm³/mol. The zero-order valence-electron chi connectivity index (χ0n) is 12.8. The van der Waals surface area contributed by atoms with Gasteiger partial charge in [-0.15, -0.1) is 0 Å². The molecule has 1 fully saturated rings. The molecule has 1 N–H and O–H groups in total. The average Bonchev–Trinajstić information content (AvgIpc) is 3.12. The first-order chi connectivity index (χ1) is 9.36. The topological polar surface area (TPSA) is 72.5 Å². The lowest BCUT2D eigenvalue weighted by atomic mass is 10.1. The fourth-order valence-corrected chi connectivity index (χ4v) is 4.64. The van der Waals surface area contributed by atoms with Crippen LogP contribution in [0.1, 0.15) is 45.4 Å². The van der Waals surface area contributed by atoms with E-state index in [2.05, 4.69) is 17.0 Å². The summed E-state index contributed by atoms with van der Waals surface area (Å²) in [5.41, 5.74) is -0.334. The van der Waals surface area contributed by atoms with Crippen LogP contribution in [0.2, 0.25) is 0 Å². The van der Waals surface area contributed by atoms with Crippen molar-refractivity contribution in [3.8, 4) is 0 Å². The Kier molecular flexibility index (Phi) is 6.45. The van der Waals surface area contributed by atoms with Gasteiger partial charge >= 0.3 is 5.97 Å². The highest BCUT2D eigenvalue weighted by Crippen LogP contribution is 2.50. The Morgan fingerprint density at radius 3 is 2.50 bits per heavy atom. The molecule has 1 atom stereocenters. The lowest BCUT2D eigenvalue weighted by Gasteiger charge is -2.16. The van der Waals surface area contributed by atoms with Crippen LogP contribution >= 0.6 is 0 Å². The van der Waals surface area contributed by atoms with E-state index in [0.29, 0.717) is 12.5 Å². The van der Waals surface area contributed by atoms with E-state index in [0.717, 1.165) is 25.7 Å². The molecule has 0 saturated heterocycles. The third-order valence-corrected chi connectivity index (χ3v) is 6.10. The molecule has 0 spiro atoms. The quantitative estimate of drug-likeness (QED) is 0.620. The number of sulfone groups is 1. The van der Waals surface area contributed by atoms with Crippen molar-refractivity contribution in [1.29, 1.82) is 0 Å². The molecule has 118 valence electrons. The lowest BCUT2D eigenvalue weighted by Crippen LogP contribution is -2.26. The minimum absolute atomic E-state index is 0.130. The highest BCUT2D eigenvalue weighted by Gasteiger charge is 2.47. The molecule has 1 aliphatic carbocycles. The highest BCUT2D eigenvalue weighted by molar-refractivity contribution is 7.91. The van der Waals surface area contributed by atoms with Gasteiger partial charge in [-0.25, -0.2) is 8.42 Å². The van der Waals surface area contributed by atoms with Crippen molar-refractivity contribution in [2.75, 3.05) is 25.7 Å². The first kappa shape index (κ1) is 17.4. The standard InChI is InChI=1S/C14H27NO4S/c1-4-12(15-2)6-5-9-20(17,18)11-14(7-8-14)10-13(16)19-3/h12,15H,4-11H2,1-3H3. The van der Waals surface area contributed by atoms with E-state index in [4.69, 9.17) is 0 Å². The summed E-state index contributed by atoms with van der Waals surface area (Å²) < 4.78 is 28.9. The fourth-order valence-electron chi connectivity index (χ4n) is 2.57. The van der Waals surface area contributed by atoms with Crippen molar-refractivity contribution in [1.82, 2.24) is 5.32 Å². The summed E-state index contributed by atoms with van der Waals surface area (Å²) in [6, 6.07) is 0.384. The van der Waals surface area contributed by atoms with Crippen LogP contribution in [-0.2, 0) is 19.4 Å². The molecule has 0 aliphatic heterocycles. The Labute approximate surface area is 122 Å². The first-order valence-electron chi connectivity index (χ1n) is 7.31. The van der Waals surface area contributed by atoms with Crippen molar-refractivity contribution in [2.45, 2.75) is 51.5 Å². The van der Waals surface area contributed by atoms with Crippen LogP contribution < -0.4 is 5.32 Å². The molecule has 0 amide bonds. The fraction of sp³-hybridized carbons (Fsp3) is 0.929. The Morgan fingerprint density at radius 2 is 2.05 bits per heavy atom. The van der Waals surface area contributed by atoms with Crippen LogP contribution in [0.5, 0.6) is 0 Å². The van der Waals surface area contributed by atoms with Gasteiger partial charge in [-0.05, 0) is 44.6 Å². The predicted octanol–water partition coefficient (Wildman–Crippen LogP) is 1.52. The number of hydrogen-bond donors (Lipinski definition) is 1. The van der Waals surface area contributed by atoms with Crippen LogP contribution in [0.4, 0.5) is 0 Å². The Balaban J connectivity index is 2.40. The number of hydrogen-bond acceptors (Lipinski definition) is 5. The second kappa shape index (κ2) is 7.41. The van der Waals surface area contributed by atoms with Gasteiger partial charge in [0.05, 0.1) is 25.0 Å². The van der Waals surface area contributed by atoms with Gasteiger partial charge in [0.15, 0.2) is 9.84 Å². The maximum absolute atomic E-state index is 12.1. The Bertz CT molecular complexity index is 411. The molecule has 20 heavy (non-hydrogen) atoms. The smallest absolute Gasteiger partial charge is 0.306 e. The minimum atomic E-state index is -3.08. The van der Waals surface area contributed by atoms with Crippen molar-refractivity contribution >= 4 is 15.8 Å². The van der Waals surface area contributed by atoms with Crippen LogP contribution in [-0.4, -0.2) is 46.1 Å². The molecule has 1 rings (SSSR count). The lowest BCUT2D eigenvalue weighted by molar-refractivity contribution is -0.141. The van der Waals surface area contributed by atoms with E-state index < -0.39 is 9.84 Å². The maximum atomic E-state index is 12.1. The van der Waals surface area contributed by atoms with Gasteiger partial charge in [0, 0.05) is 6.04 Å². The monoisotopic (exact) mass is 305 g/mol. The number of carbonyl (C=O) groups is 1. The molecular weight excluding hydrogens is 278 g/mol. The third-order valence-electron chi connectivity index (χ3n) is 4.14. The van der Waals surface area contributed by atoms with Crippen LogP contribution in [0.3, 0.4) is 0 Å². The summed E-state index contributed by atoms with van der Waals surface area (Å²) in [6.07, 6.45) is 4.41. The molecule has 0 bridgehead atoms. The van der Waals surface area contributed by atoms with E-state index in [9.17, 15) is 13.2 Å². The molecule has 0 radical (unpaired) electrons. The molecule has 0 aromatic heterocycles. The normalized spacial score (nSPS) is 18.6. The van der Waals surface area contributed by atoms with E-state index in [1.807, 2.05) is 7.05 Å². The number of methoxy groups -OCH3 is 1. The largest absolute Gasteiger partial charge is 0.469 e. The van der Waals surface area contributed by atoms with Crippen molar-refractivity contribution in [3.63, 3.8) is 0 Å². The molecule has 0 aromatic carbocycles. The number of nitrogens with one attached hydrogen (secondary N) is 1. The summed E-state index contributed by atoms with van der Waals surface area (Å²) in [5, 5.41) is 3.18. The molecule has 1 unspecified atom stereocenters. The number of ether oxygens (including phenoxy) is 1. The van der Waals surface area contributed by atoms with E-state index >= 15 is 0 Å². The SMILES string of the molecule is CCC(CCCS(=O)(=O)CC1(CC(=O)OC)CC1)NC. The number of esters is 1. The van der Waals surface area contributed by atoms with E-state index in [-0.39, 0.29) is 29.3 Å².